The number of hydrogen-bond donors (Lipinski definition) is 2. The molecule has 0 saturated heterocycles. The number of hydrogen-bond acceptors (Lipinski definition) is 3. The number of nitrogens with one attached hydrogen (secondary N) is 2. The van der Waals surface area contributed by atoms with E-state index in [9.17, 15) is 0 Å². The number of ether oxygens (including phenoxy) is 1. The Labute approximate surface area is 113 Å². The van der Waals surface area contributed by atoms with Gasteiger partial charge in [-0.15, -0.1) is 24.0 Å². The summed E-state index contributed by atoms with van der Waals surface area (Å²) in [5.41, 5.74) is 0.908. The van der Waals surface area contributed by atoms with Crippen LogP contribution in [0.3, 0.4) is 0 Å². The van der Waals surface area contributed by atoms with E-state index in [1.54, 1.807) is 14.2 Å². The molecule has 0 spiro atoms. The van der Waals surface area contributed by atoms with Crippen LogP contribution in [-0.2, 0) is 6.54 Å². The highest BCUT2D eigenvalue weighted by Crippen LogP contribution is 2.05. The van der Waals surface area contributed by atoms with E-state index in [-0.39, 0.29) is 24.0 Å². The van der Waals surface area contributed by atoms with E-state index >= 15 is 0 Å². The van der Waals surface area contributed by atoms with Gasteiger partial charge in [-0.05, 0) is 6.07 Å². The topological polar surface area (TPSA) is 58.5 Å². The Morgan fingerprint density at radius 2 is 2.25 bits per heavy atom. The number of nitrogens with zero attached hydrogens (tertiary/aromatic N) is 2. The Morgan fingerprint density at radius 1 is 1.50 bits per heavy atom. The largest absolute Gasteiger partial charge is 0.481 e. The second-order valence-corrected chi connectivity index (χ2v) is 2.85. The fourth-order valence-corrected chi connectivity index (χ4v) is 1.12. The Hall–Kier alpha value is -1.05. The van der Waals surface area contributed by atoms with Gasteiger partial charge < -0.3 is 15.4 Å². The number of methoxy groups -OCH3 is 1. The molecule has 2 N–H and O–H groups in total. The minimum absolute atomic E-state index is 0. The van der Waals surface area contributed by atoms with Crippen LogP contribution in [0.2, 0.25) is 0 Å². The standard InChI is InChI=1S/C10H16N4O.HI/c1-11-10(12-2)13-7-8-5-4-6-9(14-8)15-3;/h4-6H,7H2,1-3H3,(H2,11,12,13);1H. The molecule has 5 nitrogen and oxygen atoms in total. The van der Waals surface area contributed by atoms with E-state index in [0.717, 1.165) is 11.7 Å². The molecule has 1 aromatic heterocycles. The molecule has 0 aliphatic heterocycles. The first kappa shape index (κ1) is 14.9. The molecule has 0 unspecified atom stereocenters. The van der Waals surface area contributed by atoms with Gasteiger partial charge in [0, 0.05) is 20.2 Å². The van der Waals surface area contributed by atoms with Crippen LogP contribution in [0.4, 0.5) is 0 Å². The van der Waals surface area contributed by atoms with Crippen molar-refractivity contribution in [3.8, 4) is 5.88 Å². The summed E-state index contributed by atoms with van der Waals surface area (Å²) in [4.78, 5) is 8.26. The number of pyridine rings is 1. The quantitative estimate of drug-likeness (QED) is 0.491. The Morgan fingerprint density at radius 3 is 2.81 bits per heavy atom. The van der Waals surface area contributed by atoms with E-state index < -0.39 is 0 Å². The zero-order valence-electron chi connectivity index (χ0n) is 9.65. The minimum Gasteiger partial charge on any atom is -0.481 e. The predicted molar refractivity (Wildman–Crippen MR) is 75.5 cm³/mol. The molecule has 0 aliphatic rings. The summed E-state index contributed by atoms with van der Waals surface area (Å²) in [5, 5.41) is 6.04. The van der Waals surface area contributed by atoms with Gasteiger partial charge >= 0.3 is 0 Å². The van der Waals surface area contributed by atoms with Crippen molar-refractivity contribution >= 4 is 29.9 Å². The maximum atomic E-state index is 5.03. The predicted octanol–water partition coefficient (Wildman–Crippen LogP) is 1.00. The van der Waals surface area contributed by atoms with E-state index in [0.29, 0.717) is 12.4 Å². The first-order chi connectivity index (χ1) is 7.30. The number of guanidine groups is 1. The lowest BCUT2D eigenvalue weighted by molar-refractivity contribution is 0.396. The third kappa shape index (κ3) is 4.65. The lowest BCUT2D eigenvalue weighted by Crippen LogP contribution is -2.34. The number of aromatic nitrogens is 1. The summed E-state index contributed by atoms with van der Waals surface area (Å²) >= 11 is 0. The molecule has 1 rings (SSSR count). The summed E-state index contributed by atoms with van der Waals surface area (Å²) < 4.78 is 5.03. The SMILES string of the molecule is CN=C(NC)NCc1cccc(OC)n1.I. The Bertz CT molecular complexity index is 343. The van der Waals surface area contributed by atoms with Gasteiger partial charge in [0.1, 0.15) is 0 Å². The fraction of sp³-hybridized carbons (Fsp3) is 0.400. The van der Waals surface area contributed by atoms with Gasteiger partial charge in [0.2, 0.25) is 5.88 Å². The molecule has 0 atom stereocenters. The summed E-state index contributed by atoms with van der Waals surface area (Å²) in [5.74, 6) is 1.35. The van der Waals surface area contributed by atoms with Crippen molar-refractivity contribution in [3.05, 3.63) is 23.9 Å². The maximum absolute atomic E-state index is 5.03. The molecular weight excluding hydrogens is 319 g/mol. The molecule has 1 heterocycles. The van der Waals surface area contributed by atoms with Crippen LogP contribution in [-0.4, -0.2) is 32.1 Å². The summed E-state index contributed by atoms with van der Waals surface area (Å²) in [6, 6.07) is 5.65. The highest BCUT2D eigenvalue weighted by atomic mass is 127. The van der Waals surface area contributed by atoms with E-state index in [1.165, 1.54) is 0 Å². The second kappa shape index (κ2) is 8.14. The van der Waals surface area contributed by atoms with E-state index in [2.05, 4.69) is 20.6 Å². The lowest BCUT2D eigenvalue weighted by Gasteiger charge is -2.08. The monoisotopic (exact) mass is 336 g/mol. The van der Waals surface area contributed by atoms with Crippen LogP contribution >= 0.6 is 24.0 Å². The molecule has 16 heavy (non-hydrogen) atoms. The normalized spacial score (nSPS) is 10.3. The molecule has 6 heteroatoms. The lowest BCUT2D eigenvalue weighted by atomic mass is 10.3. The van der Waals surface area contributed by atoms with Crippen molar-refractivity contribution in [3.63, 3.8) is 0 Å². The van der Waals surface area contributed by atoms with Crippen LogP contribution in [0, 0.1) is 0 Å². The smallest absolute Gasteiger partial charge is 0.213 e. The van der Waals surface area contributed by atoms with Crippen molar-refractivity contribution < 1.29 is 4.74 Å². The average Bonchev–Trinajstić information content (AvgIpc) is 2.31. The molecule has 90 valence electrons. The van der Waals surface area contributed by atoms with Gasteiger partial charge in [0.25, 0.3) is 0 Å². The van der Waals surface area contributed by atoms with Crippen molar-refractivity contribution in [2.24, 2.45) is 4.99 Å². The summed E-state index contributed by atoms with van der Waals surface area (Å²) in [6.45, 7) is 0.616. The highest BCUT2D eigenvalue weighted by molar-refractivity contribution is 14.0. The Kier molecular flexibility index (Phi) is 7.61. The van der Waals surface area contributed by atoms with Gasteiger partial charge in [-0.2, -0.15) is 0 Å². The molecular formula is C10H17IN4O. The van der Waals surface area contributed by atoms with Crippen molar-refractivity contribution in [1.82, 2.24) is 15.6 Å². The first-order valence-corrected chi connectivity index (χ1v) is 4.68. The van der Waals surface area contributed by atoms with E-state index in [4.69, 9.17) is 4.74 Å². The van der Waals surface area contributed by atoms with Gasteiger partial charge in [-0.25, -0.2) is 4.98 Å². The molecule has 0 bridgehead atoms. The van der Waals surface area contributed by atoms with E-state index in [1.807, 2.05) is 25.2 Å². The van der Waals surface area contributed by atoms with Gasteiger partial charge in [-0.3, -0.25) is 4.99 Å². The first-order valence-electron chi connectivity index (χ1n) is 4.68. The molecule has 0 fully saturated rings. The van der Waals surface area contributed by atoms with Crippen LogP contribution in [0.25, 0.3) is 0 Å². The third-order valence-corrected chi connectivity index (χ3v) is 1.89. The summed E-state index contributed by atoms with van der Waals surface area (Å²) in [6.07, 6.45) is 0. The second-order valence-electron chi connectivity index (χ2n) is 2.85. The maximum Gasteiger partial charge on any atom is 0.213 e. The zero-order chi connectivity index (χ0) is 11.1. The molecule has 0 saturated carbocycles. The van der Waals surface area contributed by atoms with Gasteiger partial charge in [0.05, 0.1) is 19.3 Å². The van der Waals surface area contributed by atoms with Crippen molar-refractivity contribution in [2.75, 3.05) is 21.2 Å². The summed E-state index contributed by atoms with van der Waals surface area (Å²) in [7, 11) is 5.14. The van der Waals surface area contributed by atoms with Crippen molar-refractivity contribution in [1.29, 1.82) is 0 Å². The fourth-order valence-electron chi connectivity index (χ4n) is 1.12. The van der Waals surface area contributed by atoms with Crippen LogP contribution < -0.4 is 15.4 Å². The molecule has 1 aromatic rings. The average molecular weight is 336 g/mol. The minimum atomic E-state index is 0. The molecule has 0 amide bonds. The Balaban J connectivity index is 0.00000225. The zero-order valence-corrected chi connectivity index (χ0v) is 12.0. The van der Waals surface area contributed by atoms with Crippen LogP contribution in [0.5, 0.6) is 5.88 Å². The molecule has 0 radical (unpaired) electrons. The third-order valence-electron chi connectivity index (χ3n) is 1.89. The number of rotatable bonds is 3. The number of halogens is 1. The van der Waals surface area contributed by atoms with Crippen LogP contribution in [0.1, 0.15) is 5.69 Å². The number of aliphatic imine (C=N–C) groups is 1. The molecule has 0 aliphatic carbocycles. The van der Waals surface area contributed by atoms with Gasteiger partial charge in [0.15, 0.2) is 5.96 Å². The van der Waals surface area contributed by atoms with Gasteiger partial charge in [-0.1, -0.05) is 6.07 Å². The molecule has 0 aromatic carbocycles. The van der Waals surface area contributed by atoms with Crippen LogP contribution in [0.15, 0.2) is 23.2 Å². The highest BCUT2D eigenvalue weighted by Gasteiger charge is 1.98. The van der Waals surface area contributed by atoms with Crippen molar-refractivity contribution in [2.45, 2.75) is 6.54 Å².